The number of pyridine rings is 1. The van der Waals surface area contributed by atoms with E-state index in [4.69, 9.17) is 5.11 Å². The molecule has 0 amide bonds. The predicted octanol–water partition coefficient (Wildman–Crippen LogP) is 0.867. The molecule has 1 fully saturated rings. The van der Waals surface area contributed by atoms with E-state index in [1.807, 2.05) is 19.1 Å². The molecule has 15 heavy (non-hydrogen) atoms. The minimum Gasteiger partial charge on any atom is -0.479 e. The Morgan fingerprint density at radius 3 is 2.73 bits per heavy atom. The summed E-state index contributed by atoms with van der Waals surface area (Å²) in [5.74, 6) is -1.17. The van der Waals surface area contributed by atoms with E-state index in [1.165, 1.54) is 0 Å². The number of aliphatic carboxylic acids is 1. The van der Waals surface area contributed by atoms with Gasteiger partial charge in [0.1, 0.15) is 0 Å². The van der Waals surface area contributed by atoms with Crippen LogP contribution in [0.5, 0.6) is 0 Å². The first-order chi connectivity index (χ1) is 7.06. The standard InChI is InChI=1S/C11H13NO3/c1-7-2-5-12-8(6-7)11(3-4-11)9(13)10(14)15/h2,5-6,9,13H,3-4H2,1H3,(H,14,15). The molecule has 4 nitrogen and oxygen atoms in total. The van der Waals surface area contributed by atoms with Crippen LogP contribution in [0.3, 0.4) is 0 Å². The minimum absolute atomic E-state index is 0.641. The van der Waals surface area contributed by atoms with Crippen LogP contribution in [0.2, 0.25) is 0 Å². The van der Waals surface area contributed by atoms with E-state index < -0.39 is 17.5 Å². The fourth-order valence-corrected chi connectivity index (χ4v) is 1.85. The second-order valence-corrected chi connectivity index (χ2v) is 4.12. The van der Waals surface area contributed by atoms with Crippen molar-refractivity contribution in [2.24, 2.45) is 0 Å². The average molecular weight is 207 g/mol. The van der Waals surface area contributed by atoms with Crippen molar-refractivity contribution in [3.63, 3.8) is 0 Å². The summed E-state index contributed by atoms with van der Waals surface area (Å²) in [6.07, 6.45) is 1.69. The molecule has 0 saturated heterocycles. The molecule has 1 heterocycles. The largest absolute Gasteiger partial charge is 0.479 e. The number of carboxylic acids is 1. The highest BCUT2D eigenvalue weighted by atomic mass is 16.4. The molecular formula is C11H13NO3. The second kappa shape index (κ2) is 3.31. The highest BCUT2D eigenvalue weighted by Crippen LogP contribution is 2.50. The number of aryl methyl sites for hydroxylation is 1. The zero-order valence-electron chi connectivity index (χ0n) is 8.47. The Bertz CT molecular complexity index is 399. The quantitative estimate of drug-likeness (QED) is 0.771. The number of aliphatic hydroxyl groups is 1. The number of carbonyl (C=O) groups is 1. The molecule has 80 valence electrons. The predicted molar refractivity (Wildman–Crippen MR) is 53.5 cm³/mol. The van der Waals surface area contributed by atoms with Gasteiger partial charge in [-0.1, -0.05) is 0 Å². The Balaban J connectivity index is 2.34. The van der Waals surface area contributed by atoms with Crippen LogP contribution in [0.4, 0.5) is 0 Å². The van der Waals surface area contributed by atoms with E-state index in [1.54, 1.807) is 6.20 Å². The maximum atomic E-state index is 10.8. The number of hydrogen-bond donors (Lipinski definition) is 2. The number of hydrogen-bond acceptors (Lipinski definition) is 3. The van der Waals surface area contributed by atoms with Crippen molar-refractivity contribution < 1.29 is 15.0 Å². The van der Waals surface area contributed by atoms with E-state index in [9.17, 15) is 9.90 Å². The Labute approximate surface area is 87.6 Å². The van der Waals surface area contributed by atoms with Crippen LogP contribution in [0.1, 0.15) is 24.1 Å². The summed E-state index contributed by atoms with van der Waals surface area (Å²) in [6, 6.07) is 3.70. The molecular weight excluding hydrogens is 194 g/mol. The van der Waals surface area contributed by atoms with E-state index in [0.29, 0.717) is 18.5 Å². The number of carboxylic acid groups (broad SMARTS) is 1. The van der Waals surface area contributed by atoms with Gasteiger partial charge in [-0.05, 0) is 37.5 Å². The molecule has 4 heteroatoms. The summed E-state index contributed by atoms with van der Waals surface area (Å²) in [4.78, 5) is 14.9. The van der Waals surface area contributed by atoms with Crippen molar-refractivity contribution in [2.45, 2.75) is 31.3 Å². The van der Waals surface area contributed by atoms with E-state index in [0.717, 1.165) is 5.56 Å². The first-order valence-electron chi connectivity index (χ1n) is 4.90. The van der Waals surface area contributed by atoms with Gasteiger partial charge in [-0.15, -0.1) is 0 Å². The number of aromatic nitrogens is 1. The van der Waals surface area contributed by atoms with Crippen molar-refractivity contribution in [1.82, 2.24) is 4.98 Å². The number of aliphatic hydroxyl groups excluding tert-OH is 1. The lowest BCUT2D eigenvalue weighted by molar-refractivity contribution is -0.148. The van der Waals surface area contributed by atoms with Gasteiger partial charge in [-0.2, -0.15) is 0 Å². The van der Waals surface area contributed by atoms with E-state index in [2.05, 4.69) is 4.98 Å². The van der Waals surface area contributed by atoms with Gasteiger partial charge in [0.25, 0.3) is 0 Å². The Kier molecular flexibility index (Phi) is 2.23. The third-order valence-electron chi connectivity index (χ3n) is 2.97. The van der Waals surface area contributed by atoms with Crippen molar-refractivity contribution in [3.05, 3.63) is 29.6 Å². The lowest BCUT2D eigenvalue weighted by Gasteiger charge is -2.18. The highest BCUT2D eigenvalue weighted by Gasteiger charge is 2.54. The number of rotatable bonds is 3. The van der Waals surface area contributed by atoms with Crippen LogP contribution >= 0.6 is 0 Å². The fourth-order valence-electron chi connectivity index (χ4n) is 1.85. The zero-order valence-corrected chi connectivity index (χ0v) is 8.47. The van der Waals surface area contributed by atoms with Crippen LogP contribution in [-0.2, 0) is 10.2 Å². The second-order valence-electron chi connectivity index (χ2n) is 4.12. The van der Waals surface area contributed by atoms with Crippen molar-refractivity contribution in [1.29, 1.82) is 0 Å². The normalized spacial score (nSPS) is 19.6. The van der Waals surface area contributed by atoms with Gasteiger partial charge in [0.15, 0.2) is 6.10 Å². The minimum atomic E-state index is -1.34. The summed E-state index contributed by atoms with van der Waals surface area (Å²) in [5.41, 5.74) is 1.08. The monoisotopic (exact) mass is 207 g/mol. The maximum absolute atomic E-state index is 10.8. The topological polar surface area (TPSA) is 70.4 Å². The van der Waals surface area contributed by atoms with E-state index >= 15 is 0 Å². The first-order valence-corrected chi connectivity index (χ1v) is 4.90. The third kappa shape index (κ3) is 1.61. The van der Waals surface area contributed by atoms with Gasteiger partial charge in [-0.3, -0.25) is 4.98 Å². The molecule has 0 bridgehead atoms. The molecule has 1 saturated carbocycles. The highest BCUT2D eigenvalue weighted by molar-refractivity contribution is 5.75. The zero-order chi connectivity index (χ0) is 11.1. The van der Waals surface area contributed by atoms with Crippen LogP contribution in [-0.4, -0.2) is 27.3 Å². The Hall–Kier alpha value is -1.42. The van der Waals surface area contributed by atoms with Crippen LogP contribution in [0.25, 0.3) is 0 Å². The SMILES string of the molecule is Cc1ccnc(C2(C(O)C(=O)O)CC2)c1. The molecule has 0 radical (unpaired) electrons. The Morgan fingerprint density at radius 1 is 1.60 bits per heavy atom. The lowest BCUT2D eigenvalue weighted by Crippen LogP contribution is -2.34. The average Bonchev–Trinajstić information content (AvgIpc) is 2.97. The van der Waals surface area contributed by atoms with Crippen LogP contribution < -0.4 is 0 Å². The summed E-state index contributed by atoms with van der Waals surface area (Å²) in [7, 11) is 0. The van der Waals surface area contributed by atoms with Crippen molar-refractivity contribution in [2.75, 3.05) is 0 Å². The summed E-state index contributed by atoms with van der Waals surface area (Å²) in [5, 5.41) is 18.4. The molecule has 2 N–H and O–H groups in total. The van der Waals surface area contributed by atoms with Crippen molar-refractivity contribution in [3.8, 4) is 0 Å². The molecule has 2 rings (SSSR count). The number of nitrogens with zero attached hydrogens (tertiary/aromatic N) is 1. The summed E-state index contributed by atoms with van der Waals surface area (Å²) in [6.45, 7) is 1.93. The molecule has 1 aliphatic carbocycles. The lowest BCUT2D eigenvalue weighted by atomic mass is 9.93. The molecule has 1 atom stereocenters. The molecule has 0 aliphatic heterocycles. The van der Waals surface area contributed by atoms with Crippen LogP contribution in [0.15, 0.2) is 18.3 Å². The molecule has 1 aromatic rings. The fraction of sp³-hybridized carbons (Fsp3) is 0.455. The van der Waals surface area contributed by atoms with Gasteiger partial charge < -0.3 is 10.2 Å². The first kappa shape index (κ1) is 10.1. The smallest absolute Gasteiger partial charge is 0.333 e. The maximum Gasteiger partial charge on any atom is 0.333 e. The van der Waals surface area contributed by atoms with Crippen molar-refractivity contribution >= 4 is 5.97 Å². The molecule has 0 aromatic carbocycles. The molecule has 1 aliphatic rings. The Morgan fingerprint density at radius 2 is 2.27 bits per heavy atom. The van der Waals surface area contributed by atoms with Gasteiger partial charge in [0.2, 0.25) is 0 Å². The van der Waals surface area contributed by atoms with Gasteiger partial charge in [0.05, 0.1) is 0 Å². The summed E-state index contributed by atoms with van der Waals surface area (Å²) < 4.78 is 0. The van der Waals surface area contributed by atoms with Gasteiger partial charge in [0, 0.05) is 17.3 Å². The third-order valence-corrected chi connectivity index (χ3v) is 2.97. The molecule has 0 spiro atoms. The van der Waals surface area contributed by atoms with Gasteiger partial charge in [-0.25, -0.2) is 4.79 Å². The molecule has 1 aromatic heterocycles. The summed E-state index contributed by atoms with van der Waals surface area (Å²) >= 11 is 0. The molecule has 1 unspecified atom stereocenters. The van der Waals surface area contributed by atoms with E-state index in [-0.39, 0.29) is 0 Å². The van der Waals surface area contributed by atoms with Crippen LogP contribution in [0, 0.1) is 6.92 Å². The van der Waals surface area contributed by atoms with Gasteiger partial charge >= 0.3 is 5.97 Å².